The van der Waals surface area contributed by atoms with Crippen molar-refractivity contribution in [3.8, 4) is 0 Å². The van der Waals surface area contributed by atoms with Crippen LogP contribution in [0.4, 0.5) is 16.2 Å². The molecule has 202 valence electrons. The van der Waals surface area contributed by atoms with Gasteiger partial charge in [0.15, 0.2) is 0 Å². The quantitative estimate of drug-likeness (QED) is 0.424. The molecule has 0 spiro atoms. The Balaban J connectivity index is 1.35. The third-order valence-corrected chi connectivity index (χ3v) is 7.33. The number of carbonyl (C=O) groups excluding carboxylic acids is 3. The Hall–Kier alpha value is -4.33. The number of hydrogen-bond acceptors (Lipinski definition) is 4. The van der Waals surface area contributed by atoms with Gasteiger partial charge in [0, 0.05) is 55.8 Å². The van der Waals surface area contributed by atoms with E-state index in [0.29, 0.717) is 48.9 Å². The van der Waals surface area contributed by atoms with Crippen molar-refractivity contribution in [3.05, 3.63) is 95.6 Å². The fraction of sp³-hybridized carbons (Fsp3) is 0.323. The summed E-state index contributed by atoms with van der Waals surface area (Å²) in [5, 5.41) is 9.07. The highest BCUT2D eigenvalue weighted by Crippen LogP contribution is 2.41. The molecule has 3 aromatic carbocycles. The number of amides is 4. The SMILES string of the molecule is CCNC(=O)N1CCCN(c2ccc(C(=O)N[C@@H]3C[C@H]3c3ccccc3)cc2NC(=O)c2ccccc2)CC1. The van der Waals surface area contributed by atoms with E-state index in [1.165, 1.54) is 5.56 Å². The molecule has 8 heteroatoms. The first-order valence-corrected chi connectivity index (χ1v) is 13.7. The molecule has 5 rings (SSSR count). The van der Waals surface area contributed by atoms with Gasteiger partial charge in [0.1, 0.15) is 0 Å². The lowest BCUT2D eigenvalue weighted by Gasteiger charge is -2.26. The standard InChI is InChI=1S/C31H35N5O3/c1-2-32-31(39)36-17-9-16-35(18-19-36)28-15-14-24(20-27(28)34-29(37)23-12-7-4-8-13-23)30(38)33-26-21-25(26)22-10-5-3-6-11-22/h3-8,10-15,20,25-26H,2,9,16-19,21H2,1H3,(H,32,39)(H,33,38)(H,34,37)/t25-,26+/m0/s1. The zero-order chi connectivity index (χ0) is 27.2. The van der Waals surface area contributed by atoms with Gasteiger partial charge in [-0.2, -0.15) is 0 Å². The highest BCUT2D eigenvalue weighted by Gasteiger charge is 2.39. The zero-order valence-corrected chi connectivity index (χ0v) is 22.2. The summed E-state index contributed by atoms with van der Waals surface area (Å²) >= 11 is 0. The highest BCUT2D eigenvalue weighted by molar-refractivity contribution is 6.07. The second kappa shape index (κ2) is 12.0. The van der Waals surface area contributed by atoms with Gasteiger partial charge in [0.2, 0.25) is 0 Å². The monoisotopic (exact) mass is 525 g/mol. The summed E-state index contributed by atoms with van der Waals surface area (Å²) in [6.45, 7) is 5.09. The molecule has 1 heterocycles. The summed E-state index contributed by atoms with van der Waals surface area (Å²) in [5.74, 6) is -0.0605. The molecular formula is C31H35N5O3. The molecule has 39 heavy (non-hydrogen) atoms. The van der Waals surface area contributed by atoms with Crippen LogP contribution in [0.25, 0.3) is 0 Å². The molecule has 2 atom stereocenters. The normalized spacial score (nSPS) is 18.6. The number of rotatable bonds is 7. The largest absolute Gasteiger partial charge is 0.368 e. The summed E-state index contributed by atoms with van der Waals surface area (Å²) < 4.78 is 0. The summed E-state index contributed by atoms with van der Waals surface area (Å²) in [4.78, 5) is 42.7. The number of carbonyl (C=O) groups is 3. The van der Waals surface area contributed by atoms with Gasteiger partial charge in [-0.25, -0.2) is 4.79 Å². The van der Waals surface area contributed by atoms with Crippen LogP contribution in [-0.4, -0.2) is 61.5 Å². The van der Waals surface area contributed by atoms with E-state index < -0.39 is 0 Å². The van der Waals surface area contributed by atoms with Gasteiger partial charge in [-0.3, -0.25) is 9.59 Å². The van der Waals surface area contributed by atoms with E-state index in [2.05, 4.69) is 33.0 Å². The van der Waals surface area contributed by atoms with Crippen LogP contribution in [0, 0.1) is 0 Å². The number of benzene rings is 3. The van der Waals surface area contributed by atoms with Crippen molar-refractivity contribution in [1.29, 1.82) is 0 Å². The van der Waals surface area contributed by atoms with Crippen LogP contribution in [0.15, 0.2) is 78.9 Å². The van der Waals surface area contributed by atoms with E-state index in [-0.39, 0.29) is 23.9 Å². The number of nitrogens with one attached hydrogen (secondary N) is 3. The van der Waals surface area contributed by atoms with E-state index in [1.54, 1.807) is 18.2 Å². The minimum atomic E-state index is -0.237. The molecule has 0 aromatic heterocycles. The van der Waals surface area contributed by atoms with Crippen LogP contribution in [0.2, 0.25) is 0 Å². The van der Waals surface area contributed by atoms with Crippen molar-refractivity contribution < 1.29 is 14.4 Å². The molecule has 1 saturated heterocycles. The van der Waals surface area contributed by atoms with E-state index in [0.717, 1.165) is 25.1 Å². The summed E-state index contributed by atoms with van der Waals surface area (Å²) in [5.41, 5.74) is 3.69. The van der Waals surface area contributed by atoms with E-state index in [1.807, 2.05) is 60.4 Å². The van der Waals surface area contributed by atoms with Gasteiger partial charge in [0.25, 0.3) is 11.8 Å². The Bertz CT molecular complexity index is 1310. The molecule has 0 radical (unpaired) electrons. The van der Waals surface area contributed by atoms with Gasteiger partial charge in [0.05, 0.1) is 11.4 Å². The molecule has 3 aromatic rings. The van der Waals surface area contributed by atoms with Crippen molar-refractivity contribution in [2.24, 2.45) is 0 Å². The Labute approximate surface area is 229 Å². The number of nitrogens with zero attached hydrogens (tertiary/aromatic N) is 2. The van der Waals surface area contributed by atoms with Crippen LogP contribution in [0.1, 0.15) is 52.0 Å². The summed E-state index contributed by atoms with van der Waals surface area (Å²) in [6, 6.07) is 24.8. The second-order valence-corrected chi connectivity index (χ2v) is 10.0. The Morgan fingerprint density at radius 2 is 1.56 bits per heavy atom. The van der Waals surface area contributed by atoms with Crippen LogP contribution in [0.3, 0.4) is 0 Å². The maximum atomic E-state index is 13.2. The second-order valence-electron chi connectivity index (χ2n) is 10.0. The molecule has 2 aliphatic rings. The highest BCUT2D eigenvalue weighted by atomic mass is 16.2. The third-order valence-electron chi connectivity index (χ3n) is 7.33. The molecule has 2 fully saturated rings. The maximum Gasteiger partial charge on any atom is 0.317 e. The van der Waals surface area contributed by atoms with Gasteiger partial charge < -0.3 is 25.8 Å². The van der Waals surface area contributed by atoms with Gasteiger partial charge in [-0.1, -0.05) is 48.5 Å². The number of anilines is 2. The number of urea groups is 1. The van der Waals surface area contributed by atoms with E-state index >= 15 is 0 Å². The lowest BCUT2D eigenvalue weighted by molar-refractivity contribution is 0.0949. The molecule has 1 aliphatic carbocycles. The molecule has 1 aliphatic heterocycles. The van der Waals surface area contributed by atoms with Gasteiger partial charge >= 0.3 is 6.03 Å². The molecule has 8 nitrogen and oxygen atoms in total. The molecule has 3 N–H and O–H groups in total. The molecule has 0 bridgehead atoms. The maximum absolute atomic E-state index is 13.2. The molecule has 0 unspecified atom stereocenters. The molecular weight excluding hydrogens is 490 g/mol. The summed E-state index contributed by atoms with van der Waals surface area (Å²) in [7, 11) is 0. The van der Waals surface area contributed by atoms with Crippen LogP contribution in [0.5, 0.6) is 0 Å². The lowest BCUT2D eigenvalue weighted by atomic mass is 10.1. The van der Waals surface area contributed by atoms with Crippen LogP contribution in [-0.2, 0) is 0 Å². The number of hydrogen-bond donors (Lipinski definition) is 3. The Morgan fingerprint density at radius 3 is 2.31 bits per heavy atom. The van der Waals surface area contributed by atoms with E-state index in [4.69, 9.17) is 0 Å². The predicted molar refractivity (Wildman–Crippen MR) is 153 cm³/mol. The fourth-order valence-electron chi connectivity index (χ4n) is 5.14. The first kappa shape index (κ1) is 26.3. The first-order chi connectivity index (χ1) is 19.0. The summed E-state index contributed by atoms with van der Waals surface area (Å²) in [6.07, 6.45) is 1.72. The third kappa shape index (κ3) is 6.39. The molecule has 1 saturated carbocycles. The van der Waals surface area contributed by atoms with Crippen molar-refractivity contribution in [3.63, 3.8) is 0 Å². The van der Waals surface area contributed by atoms with Crippen molar-refractivity contribution in [1.82, 2.24) is 15.5 Å². The van der Waals surface area contributed by atoms with Crippen LogP contribution >= 0.6 is 0 Å². The average Bonchev–Trinajstić information content (AvgIpc) is 3.77. The fourth-order valence-corrected chi connectivity index (χ4v) is 5.14. The lowest BCUT2D eigenvalue weighted by Crippen LogP contribution is -2.42. The van der Waals surface area contributed by atoms with Crippen LogP contribution < -0.4 is 20.9 Å². The zero-order valence-electron chi connectivity index (χ0n) is 22.2. The first-order valence-electron chi connectivity index (χ1n) is 13.7. The average molecular weight is 526 g/mol. The van der Waals surface area contributed by atoms with E-state index in [9.17, 15) is 14.4 Å². The van der Waals surface area contributed by atoms with Crippen molar-refractivity contribution in [2.45, 2.75) is 31.7 Å². The minimum absolute atomic E-state index is 0.0575. The Morgan fingerprint density at radius 1 is 0.821 bits per heavy atom. The van der Waals surface area contributed by atoms with Gasteiger partial charge in [-0.15, -0.1) is 0 Å². The van der Waals surface area contributed by atoms with Crippen molar-refractivity contribution >= 4 is 29.2 Å². The van der Waals surface area contributed by atoms with Crippen molar-refractivity contribution in [2.75, 3.05) is 42.9 Å². The minimum Gasteiger partial charge on any atom is -0.368 e. The Kier molecular flexibility index (Phi) is 8.10. The van der Waals surface area contributed by atoms with Gasteiger partial charge in [-0.05, 0) is 55.7 Å². The topological polar surface area (TPSA) is 93.8 Å². The smallest absolute Gasteiger partial charge is 0.317 e. The predicted octanol–water partition coefficient (Wildman–Crippen LogP) is 4.47. The molecule has 4 amide bonds.